The van der Waals surface area contributed by atoms with Crippen molar-refractivity contribution in [2.45, 2.75) is 6.42 Å². The molecule has 0 aromatic heterocycles. The van der Waals surface area contributed by atoms with Gasteiger partial charge < -0.3 is 5.11 Å². The second kappa shape index (κ2) is 5.82. The summed E-state index contributed by atoms with van der Waals surface area (Å²) in [5.74, 6) is 0.274. The molecule has 0 fully saturated rings. The number of benzene rings is 2. The third kappa shape index (κ3) is 3.42. The van der Waals surface area contributed by atoms with Crippen LogP contribution in [0.5, 0.6) is 5.75 Å². The van der Waals surface area contributed by atoms with Gasteiger partial charge in [0.05, 0.1) is 4.92 Å². The number of hydrogen-bond donors (Lipinski definition) is 1. The Kier molecular flexibility index (Phi) is 3.93. The highest BCUT2D eigenvalue weighted by atomic mass is 16.6. The van der Waals surface area contributed by atoms with Gasteiger partial charge in [-0.25, -0.2) is 0 Å². The van der Waals surface area contributed by atoms with Crippen LogP contribution < -0.4 is 0 Å². The van der Waals surface area contributed by atoms with Crippen molar-refractivity contribution >= 4 is 11.8 Å². The molecule has 0 atom stereocenters. The number of phenols is 1. The number of phenolic OH excluding ortho intramolecular Hbond substituents is 1. The molecule has 19 heavy (non-hydrogen) atoms. The van der Waals surface area contributed by atoms with E-state index in [0.29, 0.717) is 6.42 Å². The van der Waals surface area contributed by atoms with E-state index < -0.39 is 4.92 Å². The molecular weight excluding hydrogens is 242 g/mol. The first-order valence-electron chi connectivity index (χ1n) is 5.84. The lowest BCUT2D eigenvalue weighted by molar-refractivity contribution is -0.384. The van der Waals surface area contributed by atoms with E-state index in [1.807, 2.05) is 24.3 Å². The van der Waals surface area contributed by atoms with Crippen molar-refractivity contribution in [1.29, 1.82) is 0 Å². The maximum absolute atomic E-state index is 10.5. The fourth-order valence-electron chi connectivity index (χ4n) is 1.71. The first-order valence-corrected chi connectivity index (χ1v) is 5.84. The lowest BCUT2D eigenvalue weighted by Gasteiger charge is -1.99. The highest BCUT2D eigenvalue weighted by Crippen LogP contribution is 2.17. The zero-order chi connectivity index (χ0) is 13.7. The van der Waals surface area contributed by atoms with Gasteiger partial charge in [0.2, 0.25) is 0 Å². The van der Waals surface area contributed by atoms with Crippen LogP contribution in [0.15, 0.2) is 54.6 Å². The van der Waals surface area contributed by atoms with E-state index in [-0.39, 0.29) is 11.4 Å². The normalized spacial score (nSPS) is 10.7. The molecule has 0 spiro atoms. The molecule has 0 heterocycles. The SMILES string of the molecule is O=[N+]([O-])c1ccc(/C=C/Cc2ccccc2O)cc1. The molecule has 1 N–H and O–H groups in total. The highest BCUT2D eigenvalue weighted by molar-refractivity contribution is 5.52. The van der Waals surface area contributed by atoms with Crippen LogP contribution in [0.1, 0.15) is 11.1 Å². The molecule has 0 aliphatic rings. The lowest BCUT2D eigenvalue weighted by Crippen LogP contribution is -1.86. The van der Waals surface area contributed by atoms with Gasteiger partial charge in [0.1, 0.15) is 5.75 Å². The van der Waals surface area contributed by atoms with E-state index in [4.69, 9.17) is 0 Å². The molecule has 0 aliphatic heterocycles. The third-order valence-electron chi connectivity index (χ3n) is 2.74. The summed E-state index contributed by atoms with van der Waals surface area (Å²) in [6.07, 6.45) is 4.40. The van der Waals surface area contributed by atoms with Gasteiger partial charge in [-0.3, -0.25) is 10.1 Å². The molecule has 0 bridgehead atoms. The number of allylic oxidation sites excluding steroid dienone is 1. The number of aromatic hydroxyl groups is 1. The number of rotatable bonds is 4. The monoisotopic (exact) mass is 255 g/mol. The van der Waals surface area contributed by atoms with Gasteiger partial charge in [0, 0.05) is 12.1 Å². The zero-order valence-corrected chi connectivity index (χ0v) is 10.2. The molecule has 2 aromatic carbocycles. The smallest absolute Gasteiger partial charge is 0.269 e. The fraction of sp³-hybridized carbons (Fsp3) is 0.0667. The van der Waals surface area contributed by atoms with Gasteiger partial charge in [-0.1, -0.05) is 30.4 Å². The van der Waals surface area contributed by atoms with Crippen LogP contribution in [0.4, 0.5) is 5.69 Å². The first-order chi connectivity index (χ1) is 9.16. The van der Waals surface area contributed by atoms with E-state index >= 15 is 0 Å². The molecule has 2 aromatic rings. The topological polar surface area (TPSA) is 63.4 Å². The van der Waals surface area contributed by atoms with Crippen molar-refractivity contribution in [3.63, 3.8) is 0 Å². The lowest BCUT2D eigenvalue weighted by atomic mass is 10.1. The summed E-state index contributed by atoms with van der Waals surface area (Å²) >= 11 is 0. The van der Waals surface area contributed by atoms with E-state index in [1.165, 1.54) is 12.1 Å². The molecule has 4 heteroatoms. The Morgan fingerprint density at radius 3 is 2.42 bits per heavy atom. The standard InChI is InChI=1S/C15H13NO3/c17-15-7-2-1-5-13(15)6-3-4-12-8-10-14(11-9-12)16(18)19/h1-5,7-11,17H,6H2/b4-3+. The van der Waals surface area contributed by atoms with Crippen molar-refractivity contribution in [3.8, 4) is 5.75 Å². The van der Waals surface area contributed by atoms with Crippen molar-refractivity contribution in [2.24, 2.45) is 0 Å². The Hall–Kier alpha value is -2.62. The summed E-state index contributed by atoms with van der Waals surface area (Å²) < 4.78 is 0. The van der Waals surface area contributed by atoms with Gasteiger partial charge in [0.25, 0.3) is 5.69 Å². The van der Waals surface area contributed by atoms with Gasteiger partial charge >= 0.3 is 0 Å². The molecular formula is C15H13NO3. The number of para-hydroxylation sites is 1. The Morgan fingerprint density at radius 2 is 1.79 bits per heavy atom. The Balaban J connectivity index is 2.03. The number of nitrogens with zero attached hydrogens (tertiary/aromatic N) is 1. The summed E-state index contributed by atoms with van der Waals surface area (Å²) in [5.41, 5.74) is 1.82. The zero-order valence-electron chi connectivity index (χ0n) is 10.2. The molecule has 0 aliphatic carbocycles. The van der Waals surface area contributed by atoms with Gasteiger partial charge in [0.15, 0.2) is 0 Å². The van der Waals surface area contributed by atoms with Crippen LogP contribution in [0, 0.1) is 10.1 Å². The van der Waals surface area contributed by atoms with Crippen molar-refractivity contribution in [2.75, 3.05) is 0 Å². The molecule has 96 valence electrons. The quantitative estimate of drug-likeness (QED) is 0.671. The van der Waals surface area contributed by atoms with Crippen LogP contribution in [0.2, 0.25) is 0 Å². The Morgan fingerprint density at radius 1 is 1.11 bits per heavy atom. The van der Waals surface area contributed by atoms with E-state index in [9.17, 15) is 15.2 Å². The maximum Gasteiger partial charge on any atom is 0.269 e. The molecule has 2 rings (SSSR count). The summed E-state index contributed by atoms with van der Waals surface area (Å²) in [6.45, 7) is 0. The van der Waals surface area contributed by atoms with Crippen LogP contribution in [-0.2, 0) is 6.42 Å². The van der Waals surface area contributed by atoms with Gasteiger partial charge in [-0.05, 0) is 35.7 Å². The minimum absolute atomic E-state index is 0.0813. The molecule has 0 radical (unpaired) electrons. The van der Waals surface area contributed by atoms with Crippen molar-refractivity contribution in [1.82, 2.24) is 0 Å². The predicted octanol–water partition coefficient (Wildman–Crippen LogP) is 3.56. The fourth-order valence-corrected chi connectivity index (χ4v) is 1.71. The third-order valence-corrected chi connectivity index (χ3v) is 2.74. The van der Waals surface area contributed by atoms with Crippen LogP contribution in [-0.4, -0.2) is 10.0 Å². The summed E-state index contributed by atoms with van der Waals surface area (Å²) in [7, 11) is 0. The van der Waals surface area contributed by atoms with Crippen molar-refractivity contribution < 1.29 is 10.0 Å². The molecule has 0 saturated heterocycles. The Bertz CT molecular complexity index is 603. The average Bonchev–Trinajstić information content (AvgIpc) is 2.41. The van der Waals surface area contributed by atoms with Crippen LogP contribution in [0.25, 0.3) is 6.08 Å². The summed E-state index contributed by atoms with van der Waals surface area (Å²) in [4.78, 5) is 10.1. The largest absolute Gasteiger partial charge is 0.508 e. The second-order valence-electron chi connectivity index (χ2n) is 4.08. The van der Waals surface area contributed by atoms with Crippen molar-refractivity contribution in [3.05, 3.63) is 75.8 Å². The summed E-state index contributed by atoms with van der Waals surface area (Å²) in [5, 5.41) is 20.1. The average molecular weight is 255 g/mol. The number of hydrogen-bond acceptors (Lipinski definition) is 3. The van der Waals surface area contributed by atoms with E-state index in [1.54, 1.807) is 24.3 Å². The molecule has 4 nitrogen and oxygen atoms in total. The van der Waals surface area contributed by atoms with Gasteiger partial charge in [-0.2, -0.15) is 0 Å². The minimum Gasteiger partial charge on any atom is -0.508 e. The molecule has 0 amide bonds. The number of non-ortho nitro benzene ring substituents is 1. The molecule has 0 saturated carbocycles. The predicted molar refractivity (Wildman–Crippen MR) is 73.9 cm³/mol. The van der Waals surface area contributed by atoms with E-state index in [0.717, 1.165) is 11.1 Å². The first kappa shape index (κ1) is 12.8. The van der Waals surface area contributed by atoms with Crippen LogP contribution in [0.3, 0.4) is 0 Å². The highest BCUT2D eigenvalue weighted by Gasteiger charge is 2.02. The Labute approximate surface area is 110 Å². The minimum atomic E-state index is -0.421. The van der Waals surface area contributed by atoms with E-state index in [2.05, 4.69) is 0 Å². The van der Waals surface area contributed by atoms with Gasteiger partial charge in [-0.15, -0.1) is 0 Å². The molecule has 0 unspecified atom stereocenters. The van der Waals surface area contributed by atoms with Crippen LogP contribution >= 0.6 is 0 Å². The summed E-state index contributed by atoms with van der Waals surface area (Å²) in [6, 6.07) is 13.5. The second-order valence-corrected chi connectivity index (χ2v) is 4.08. The maximum atomic E-state index is 10.5. The number of nitro groups is 1. The number of nitro benzene ring substituents is 1.